The number of carboxylic acids is 1. The lowest BCUT2D eigenvalue weighted by Gasteiger charge is -2.35. The van der Waals surface area contributed by atoms with Gasteiger partial charge in [-0.25, -0.2) is 9.59 Å². The molecule has 13 nitrogen and oxygen atoms in total. The Morgan fingerprint density at radius 2 is 1.56 bits per heavy atom. The number of aryl methyl sites for hydroxylation is 1. The Bertz CT molecular complexity index is 1480. The van der Waals surface area contributed by atoms with Crippen LogP contribution >= 0.6 is 15.9 Å². The van der Waals surface area contributed by atoms with E-state index in [4.69, 9.17) is 24.4 Å². The monoisotopic (exact) mass is 687 g/mol. The maximum atomic E-state index is 13.7. The number of rotatable bonds is 13. The van der Waals surface area contributed by atoms with Crippen LogP contribution in [0.4, 0.5) is 9.59 Å². The molecular formula is C31H30BrNO12. The Labute approximate surface area is 266 Å². The van der Waals surface area contributed by atoms with E-state index in [2.05, 4.69) is 25.4 Å². The van der Waals surface area contributed by atoms with E-state index in [0.717, 1.165) is 20.5 Å². The maximum absolute atomic E-state index is 13.7. The van der Waals surface area contributed by atoms with E-state index >= 15 is 0 Å². The van der Waals surface area contributed by atoms with Gasteiger partial charge in [-0.3, -0.25) is 19.1 Å². The van der Waals surface area contributed by atoms with Gasteiger partial charge in [-0.1, -0.05) is 54.6 Å². The van der Waals surface area contributed by atoms with Crippen LogP contribution < -0.4 is 4.74 Å². The third-order valence-corrected chi connectivity index (χ3v) is 7.68. The SMILES string of the molecule is C[C@H]([C@H](CCc1ccccc1)c1ccc(Oc2ccccc2Br)cc1)N(CC(=O)O)C(=O)[C@@H]1COC(OC(=O)O)(OC(=O)O)O1. The summed E-state index contributed by atoms with van der Waals surface area (Å²) in [5.41, 5.74) is 1.83. The molecule has 3 aromatic carbocycles. The van der Waals surface area contributed by atoms with Gasteiger partial charge < -0.3 is 34.4 Å². The van der Waals surface area contributed by atoms with Crippen LogP contribution in [0.25, 0.3) is 0 Å². The van der Waals surface area contributed by atoms with Gasteiger partial charge >= 0.3 is 24.4 Å². The fourth-order valence-corrected chi connectivity index (χ4v) is 5.31. The highest BCUT2D eigenvalue weighted by atomic mass is 79.9. The molecule has 1 fully saturated rings. The van der Waals surface area contributed by atoms with E-state index in [9.17, 15) is 24.3 Å². The molecule has 0 spiro atoms. The molecule has 0 bridgehead atoms. The van der Waals surface area contributed by atoms with E-state index < -0.39 is 61.6 Å². The molecule has 1 heterocycles. The van der Waals surface area contributed by atoms with Crippen molar-refractivity contribution in [2.75, 3.05) is 13.2 Å². The number of nitrogens with zero attached hydrogens (tertiary/aromatic N) is 1. The van der Waals surface area contributed by atoms with Gasteiger partial charge in [0.05, 0.1) is 11.1 Å². The van der Waals surface area contributed by atoms with Gasteiger partial charge in [0.2, 0.25) is 0 Å². The third kappa shape index (κ3) is 8.94. The molecule has 1 amide bonds. The highest BCUT2D eigenvalue weighted by Gasteiger charge is 2.54. The van der Waals surface area contributed by atoms with Crippen molar-refractivity contribution in [2.24, 2.45) is 0 Å². The molecule has 3 atom stereocenters. The second kappa shape index (κ2) is 14.9. The van der Waals surface area contributed by atoms with Gasteiger partial charge in [-0.05, 0) is 71.1 Å². The van der Waals surface area contributed by atoms with Crippen molar-refractivity contribution in [3.63, 3.8) is 0 Å². The summed E-state index contributed by atoms with van der Waals surface area (Å²) in [6.07, 6.45) is -7.56. The number of carboxylic acid groups (broad SMARTS) is 3. The highest BCUT2D eigenvalue weighted by Crippen LogP contribution is 2.35. The standard InChI is InChI=1S/C31H30BrNO12/c1-19(33(17-27(34)35)28(36)26-18-41-31(43-26,44-29(37)38)45-30(39)40)23(16-11-20-7-3-2-4-8-20)21-12-14-22(15-13-21)42-25-10-6-5-9-24(25)32/h2-10,12-15,19,23,26H,11,16-18H2,1H3,(H,34,35)(H,37,38)(H,39,40)/t19-,23+,26+/m1/s1. The number of carbonyl (C=O) groups excluding carboxylic acids is 1. The first kappa shape index (κ1) is 33.2. The zero-order chi connectivity index (χ0) is 32.6. The van der Waals surface area contributed by atoms with Crippen molar-refractivity contribution in [3.05, 3.63) is 94.5 Å². The fraction of sp³-hybridized carbons (Fsp3) is 0.290. The number of halogens is 1. The molecule has 238 valence electrons. The number of para-hydroxylation sites is 1. The van der Waals surface area contributed by atoms with Crippen LogP contribution in [-0.2, 0) is 35.0 Å². The predicted octanol–water partition coefficient (Wildman–Crippen LogP) is 5.68. The van der Waals surface area contributed by atoms with Gasteiger partial charge in [0.25, 0.3) is 5.91 Å². The van der Waals surface area contributed by atoms with Gasteiger partial charge in [-0.15, -0.1) is 0 Å². The van der Waals surface area contributed by atoms with Gasteiger partial charge in [0.15, 0.2) is 6.10 Å². The van der Waals surface area contributed by atoms with Crippen LogP contribution in [0.15, 0.2) is 83.3 Å². The molecule has 1 aliphatic heterocycles. The Hall–Kier alpha value is -4.66. The zero-order valence-corrected chi connectivity index (χ0v) is 25.5. The summed E-state index contributed by atoms with van der Waals surface area (Å²) in [6, 6.07) is 23.5. The molecule has 0 aromatic heterocycles. The van der Waals surface area contributed by atoms with Crippen molar-refractivity contribution < 1.29 is 58.2 Å². The van der Waals surface area contributed by atoms with Crippen molar-refractivity contribution >= 4 is 40.1 Å². The van der Waals surface area contributed by atoms with Gasteiger partial charge in [-0.2, -0.15) is 0 Å². The topological polar surface area (TPSA) is 178 Å². The summed E-state index contributed by atoms with van der Waals surface area (Å²) in [5.74, 6) is -1.44. The van der Waals surface area contributed by atoms with E-state index in [-0.39, 0.29) is 0 Å². The van der Waals surface area contributed by atoms with E-state index in [1.165, 1.54) is 0 Å². The van der Waals surface area contributed by atoms with Crippen molar-refractivity contribution in [2.45, 2.75) is 44.0 Å². The Morgan fingerprint density at radius 3 is 2.16 bits per heavy atom. The van der Waals surface area contributed by atoms with Crippen LogP contribution in [0, 0.1) is 0 Å². The first-order valence-corrected chi connectivity index (χ1v) is 14.5. The number of aliphatic carboxylic acids is 1. The summed E-state index contributed by atoms with van der Waals surface area (Å²) in [6.45, 7) is 0.280. The van der Waals surface area contributed by atoms with Crippen molar-refractivity contribution in [3.8, 4) is 11.5 Å². The number of benzene rings is 3. The molecule has 0 saturated carbocycles. The molecule has 3 N–H and O–H groups in total. The maximum Gasteiger partial charge on any atom is 0.519 e. The first-order valence-electron chi connectivity index (χ1n) is 13.7. The quantitative estimate of drug-likeness (QED) is 0.148. The smallest absolute Gasteiger partial charge is 0.480 e. The van der Waals surface area contributed by atoms with Gasteiger partial charge in [0.1, 0.15) is 18.0 Å². The van der Waals surface area contributed by atoms with E-state index in [1.807, 2.05) is 66.7 Å². The lowest BCUT2D eigenvalue weighted by Crippen LogP contribution is -2.50. The average Bonchev–Trinajstić information content (AvgIpc) is 3.40. The van der Waals surface area contributed by atoms with Crippen molar-refractivity contribution in [1.29, 1.82) is 0 Å². The number of carbonyl (C=O) groups is 4. The lowest BCUT2D eigenvalue weighted by atomic mass is 9.85. The molecule has 0 aliphatic carbocycles. The minimum Gasteiger partial charge on any atom is -0.480 e. The highest BCUT2D eigenvalue weighted by molar-refractivity contribution is 9.10. The normalized spacial score (nSPS) is 16.6. The molecule has 1 saturated heterocycles. The number of amides is 1. The van der Waals surface area contributed by atoms with Crippen LogP contribution in [0.2, 0.25) is 0 Å². The van der Waals surface area contributed by atoms with Crippen molar-refractivity contribution in [1.82, 2.24) is 4.90 Å². The Morgan fingerprint density at radius 1 is 0.933 bits per heavy atom. The summed E-state index contributed by atoms with van der Waals surface area (Å²) in [5, 5.41) is 27.8. The molecular weight excluding hydrogens is 658 g/mol. The molecule has 14 heteroatoms. The van der Waals surface area contributed by atoms with Crippen LogP contribution in [0.5, 0.6) is 11.5 Å². The zero-order valence-electron chi connectivity index (χ0n) is 23.9. The first-order chi connectivity index (χ1) is 21.5. The summed E-state index contributed by atoms with van der Waals surface area (Å²) in [7, 11) is 0. The van der Waals surface area contributed by atoms with Crippen LogP contribution in [0.3, 0.4) is 0 Å². The number of hydrogen-bond acceptors (Lipinski definition) is 9. The Balaban J connectivity index is 1.61. The molecule has 0 radical (unpaired) electrons. The summed E-state index contributed by atoms with van der Waals surface area (Å²) >= 11 is 3.46. The summed E-state index contributed by atoms with van der Waals surface area (Å²) < 4.78 is 25.7. The molecule has 0 unspecified atom stereocenters. The van der Waals surface area contributed by atoms with Crippen LogP contribution in [-0.4, -0.2) is 75.9 Å². The minimum atomic E-state index is -3.05. The average molecular weight is 688 g/mol. The van der Waals surface area contributed by atoms with E-state index in [1.54, 1.807) is 19.1 Å². The second-order valence-corrected chi connectivity index (χ2v) is 10.8. The Kier molecular flexibility index (Phi) is 11.0. The molecule has 3 aromatic rings. The van der Waals surface area contributed by atoms with Crippen LogP contribution in [0.1, 0.15) is 30.4 Å². The van der Waals surface area contributed by atoms with Gasteiger partial charge in [0, 0.05) is 12.0 Å². The number of ether oxygens (including phenoxy) is 5. The minimum absolute atomic E-state index is 0.399. The number of hydrogen-bond donors (Lipinski definition) is 3. The molecule has 45 heavy (non-hydrogen) atoms. The third-order valence-electron chi connectivity index (χ3n) is 7.02. The molecule has 1 aliphatic rings. The predicted molar refractivity (Wildman–Crippen MR) is 159 cm³/mol. The molecule has 4 rings (SSSR count). The lowest BCUT2D eigenvalue weighted by molar-refractivity contribution is -0.427. The second-order valence-electron chi connectivity index (χ2n) is 9.99. The van der Waals surface area contributed by atoms with E-state index in [0.29, 0.717) is 24.3 Å². The largest absolute Gasteiger partial charge is 0.519 e. The fourth-order valence-electron chi connectivity index (χ4n) is 4.94. The summed E-state index contributed by atoms with van der Waals surface area (Å²) in [4.78, 5) is 49.0.